The van der Waals surface area contributed by atoms with Gasteiger partial charge in [0.05, 0.1) is 11.2 Å². The molecule has 0 amide bonds. The molecule has 1 aromatic rings. The van der Waals surface area contributed by atoms with Crippen LogP contribution in [0.5, 0.6) is 0 Å². The molecule has 3 nitrogen and oxygen atoms in total. The predicted molar refractivity (Wildman–Crippen MR) is 78.1 cm³/mol. The minimum absolute atomic E-state index is 0.0641. The highest BCUT2D eigenvalue weighted by molar-refractivity contribution is 9.08. The molecule has 0 fully saturated rings. The Labute approximate surface area is 122 Å². The van der Waals surface area contributed by atoms with Crippen LogP contribution in [0.2, 0.25) is 0 Å². The normalized spacial score (nSPS) is 12.6. The lowest BCUT2D eigenvalue weighted by atomic mass is 9.75. The summed E-state index contributed by atoms with van der Waals surface area (Å²) in [4.78, 5) is 0. The van der Waals surface area contributed by atoms with E-state index in [-0.39, 0.29) is 5.46 Å². The summed E-state index contributed by atoms with van der Waals surface area (Å²) in [5.74, 6) is -0.538. The van der Waals surface area contributed by atoms with Crippen LogP contribution in [-0.4, -0.2) is 28.5 Å². The van der Waals surface area contributed by atoms with Gasteiger partial charge in [0, 0.05) is 10.8 Å². The van der Waals surface area contributed by atoms with Crippen molar-refractivity contribution in [1.82, 2.24) is 0 Å². The average molecular weight is 333 g/mol. The smallest absolute Gasteiger partial charge is 0.423 e. The molecule has 1 rings (SSSR count). The van der Waals surface area contributed by atoms with Gasteiger partial charge >= 0.3 is 7.12 Å². The van der Waals surface area contributed by atoms with Gasteiger partial charge in [0.1, 0.15) is 5.82 Å². The van der Waals surface area contributed by atoms with Gasteiger partial charge in [0.15, 0.2) is 0 Å². The van der Waals surface area contributed by atoms with E-state index >= 15 is 0 Å². The first-order chi connectivity index (χ1) is 8.58. The molecule has 0 unspecified atom stereocenters. The van der Waals surface area contributed by atoms with E-state index in [1.54, 1.807) is 33.8 Å². The maximum absolute atomic E-state index is 13.7. The van der Waals surface area contributed by atoms with Gasteiger partial charge < -0.3 is 14.8 Å². The molecule has 1 aromatic carbocycles. The topological polar surface area (TPSA) is 49.7 Å². The number of alkyl halides is 1. The van der Waals surface area contributed by atoms with Gasteiger partial charge in [-0.15, -0.1) is 0 Å². The van der Waals surface area contributed by atoms with Gasteiger partial charge in [-0.25, -0.2) is 4.39 Å². The van der Waals surface area contributed by atoms with E-state index in [1.165, 1.54) is 12.1 Å². The van der Waals surface area contributed by atoms with Crippen LogP contribution in [0.4, 0.5) is 4.39 Å². The Morgan fingerprint density at radius 1 is 1.32 bits per heavy atom. The monoisotopic (exact) mass is 332 g/mol. The molecule has 106 valence electrons. The van der Waals surface area contributed by atoms with Crippen LogP contribution >= 0.6 is 15.9 Å². The highest BCUT2D eigenvalue weighted by atomic mass is 79.9. The number of hydrogen-bond donors (Lipinski definition) is 2. The fourth-order valence-corrected chi connectivity index (χ4v) is 1.70. The van der Waals surface area contributed by atoms with E-state index in [4.69, 9.17) is 4.65 Å². The van der Waals surface area contributed by atoms with Crippen molar-refractivity contribution in [2.75, 3.05) is 0 Å². The first kappa shape index (κ1) is 16.6. The van der Waals surface area contributed by atoms with Crippen LogP contribution in [0.3, 0.4) is 0 Å². The summed E-state index contributed by atoms with van der Waals surface area (Å²) < 4.78 is 19.1. The number of rotatable bonds is 5. The van der Waals surface area contributed by atoms with E-state index < -0.39 is 24.1 Å². The van der Waals surface area contributed by atoms with Crippen molar-refractivity contribution in [2.24, 2.45) is 0 Å². The lowest BCUT2D eigenvalue weighted by Gasteiger charge is -2.38. The van der Waals surface area contributed by atoms with Gasteiger partial charge in [-0.2, -0.15) is 0 Å². The first-order valence-electron chi connectivity index (χ1n) is 6.01. The SMILES string of the molecule is CC(C)(O)C(C)(C)OB(O)c1cc(CBr)ccc1F. The van der Waals surface area contributed by atoms with Crippen molar-refractivity contribution >= 4 is 28.5 Å². The molecule has 0 saturated carbocycles. The second kappa shape index (κ2) is 5.91. The van der Waals surface area contributed by atoms with Crippen LogP contribution in [0.1, 0.15) is 33.3 Å². The largest absolute Gasteiger partial charge is 0.494 e. The molecular weight excluding hydrogens is 314 g/mol. The minimum Gasteiger partial charge on any atom is -0.423 e. The summed E-state index contributed by atoms with van der Waals surface area (Å²) in [5.41, 5.74) is -1.30. The van der Waals surface area contributed by atoms with Crippen LogP contribution in [0.15, 0.2) is 18.2 Å². The molecule has 0 spiro atoms. The summed E-state index contributed by atoms with van der Waals surface area (Å²) in [7, 11) is -1.43. The van der Waals surface area contributed by atoms with Crippen molar-refractivity contribution in [3.8, 4) is 0 Å². The van der Waals surface area contributed by atoms with Crippen LogP contribution in [-0.2, 0) is 9.98 Å². The highest BCUT2D eigenvalue weighted by Gasteiger charge is 2.40. The van der Waals surface area contributed by atoms with E-state index in [0.717, 1.165) is 5.56 Å². The van der Waals surface area contributed by atoms with Crippen molar-refractivity contribution in [1.29, 1.82) is 0 Å². The Hall–Kier alpha value is -0.425. The van der Waals surface area contributed by atoms with E-state index in [1.807, 2.05) is 0 Å². The fraction of sp³-hybridized carbons (Fsp3) is 0.538. The van der Waals surface area contributed by atoms with Gasteiger partial charge in [0.2, 0.25) is 0 Å². The van der Waals surface area contributed by atoms with Crippen molar-refractivity contribution in [3.05, 3.63) is 29.6 Å². The first-order valence-corrected chi connectivity index (χ1v) is 7.13. The molecule has 19 heavy (non-hydrogen) atoms. The fourth-order valence-electron chi connectivity index (χ4n) is 1.35. The van der Waals surface area contributed by atoms with Crippen molar-refractivity contribution in [3.63, 3.8) is 0 Å². The molecule has 0 radical (unpaired) electrons. The van der Waals surface area contributed by atoms with Gasteiger partial charge in [-0.1, -0.05) is 28.1 Å². The summed E-state index contributed by atoms with van der Waals surface area (Å²) in [6, 6.07) is 4.45. The summed E-state index contributed by atoms with van der Waals surface area (Å²) >= 11 is 3.27. The summed E-state index contributed by atoms with van der Waals surface area (Å²) in [5, 5.41) is 20.6. The molecule has 0 aliphatic heterocycles. The third kappa shape index (κ3) is 4.02. The number of benzene rings is 1. The predicted octanol–water partition coefficient (Wildman–Crippen LogP) is 1.97. The molecule has 0 aliphatic carbocycles. The Bertz CT molecular complexity index is 446. The van der Waals surface area contributed by atoms with Gasteiger partial charge in [-0.3, -0.25) is 0 Å². The molecule has 2 N–H and O–H groups in total. The third-order valence-corrected chi connectivity index (χ3v) is 4.01. The Kier molecular flexibility index (Phi) is 5.18. The molecule has 6 heteroatoms. The molecule has 0 atom stereocenters. The van der Waals surface area contributed by atoms with Crippen molar-refractivity contribution in [2.45, 2.75) is 44.2 Å². The maximum atomic E-state index is 13.7. The van der Waals surface area contributed by atoms with Crippen molar-refractivity contribution < 1.29 is 19.2 Å². The Balaban J connectivity index is 2.98. The lowest BCUT2D eigenvalue weighted by molar-refractivity contribution is -0.0983. The number of hydrogen-bond acceptors (Lipinski definition) is 3. The van der Waals surface area contributed by atoms with Gasteiger partial charge in [-0.05, 0) is 39.3 Å². The molecular formula is C13H19BBrFO3. The molecule has 0 bridgehead atoms. The summed E-state index contributed by atoms with van der Waals surface area (Å²) in [6.45, 7) is 6.43. The third-order valence-electron chi connectivity index (χ3n) is 3.36. The van der Waals surface area contributed by atoms with Gasteiger partial charge in [0.25, 0.3) is 0 Å². The highest BCUT2D eigenvalue weighted by Crippen LogP contribution is 2.25. The molecule has 0 heterocycles. The zero-order chi connectivity index (χ0) is 14.8. The zero-order valence-electron chi connectivity index (χ0n) is 11.6. The number of halogens is 2. The van der Waals surface area contributed by atoms with E-state index in [2.05, 4.69) is 15.9 Å². The zero-order valence-corrected chi connectivity index (χ0v) is 13.2. The second-order valence-corrected chi connectivity index (χ2v) is 6.09. The summed E-state index contributed by atoms with van der Waals surface area (Å²) in [6.07, 6.45) is 0. The Morgan fingerprint density at radius 3 is 2.37 bits per heavy atom. The van der Waals surface area contributed by atoms with Crippen LogP contribution in [0.25, 0.3) is 0 Å². The second-order valence-electron chi connectivity index (χ2n) is 5.53. The molecule has 0 aromatic heterocycles. The quantitative estimate of drug-likeness (QED) is 0.640. The molecule has 0 saturated heterocycles. The number of aliphatic hydroxyl groups is 1. The average Bonchev–Trinajstić information content (AvgIpc) is 2.27. The lowest BCUT2D eigenvalue weighted by Crippen LogP contribution is -2.53. The molecule has 0 aliphatic rings. The standard InChI is InChI=1S/C13H19BBrFO3/c1-12(2,17)13(3,4)19-14(18)10-7-9(8-15)5-6-11(10)16/h5-7,17-18H,8H2,1-4H3. The maximum Gasteiger partial charge on any atom is 0.494 e. The Morgan fingerprint density at radius 2 is 1.89 bits per heavy atom. The van der Waals surface area contributed by atoms with E-state index in [0.29, 0.717) is 5.33 Å². The van der Waals surface area contributed by atoms with E-state index in [9.17, 15) is 14.5 Å². The van der Waals surface area contributed by atoms with Crippen LogP contribution < -0.4 is 5.46 Å². The van der Waals surface area contributed by atoms with Crippen LogP contribution in [0, 0.1) is 5.82 Å². The minimum atomic E-state index is -1.43.